The Labute approximate surface area is 251 Å². The third kappa shape index (κ3) is 6.12. The lowest BCUT2D eigenvalue weighted by Crippen LogP contribution is -2.36. The topological polar surface area (TPSA) is 101 Å². The van der Waals surface area contributed by atoms with Crippen LogP contribution in [0.3, 0.4) is 0 Å². The molecule has 1 atom stereocenters. The van der Waals surface area contributed by atoms with Crippen molar-refractivity contribution in [2.45, 2.75) is 31.4 Å². The molecule has 5 aromatic rings. The summed E-state index contributed by atoms with van der Waals surface area (Å²) in [5.41, 5.74) is 5.34. The first-order valence-electron chi connectivity index (χ1n) is 13.9. The maximum absolute atomic E-state index is 14.0. The number of hydrogen-bond donors (Lipinski definition) is 1. The van der Waals surface area contributed by atoms with E-state index >= 15 is 0 Å². The second-order valence-corrected chi connectivity index (χ2v) is 12.2. The van der Waals surface area contributed by atoms with Gasteiger partial charge in [0.25, 0.3) is 15.9 Å². The van der Waals surface area contributed by atoms with Gasteiger partial charge in [0.2, 0.25) is 11.8 Å². The fourth-order valence-electron chi connectivity index (χ4n) is 5.28. The van der Waals surface area contributed by atoms with E-state index in [1.165, 1.54) is 12.1 Å². The molecular weight excluding hydrogens is 560 g/mol. The molecule has 0 radical (unpaired) electrons. The molecule has 2 heterocycles. The highest BCUT2D eigenvalue weighted by Crippen LogP contribution is 2.32. The van der Waals surface area contributed by atoms with Gasteiger partial charge in [-0.2, -0.15) is 4.98 Å². The molecule has 0 spiro atoms. The Bertz CT molecular complexity index is 1880. The van der Waals surface area contributed by atoms with E-state index in [9.17, 15) is 13.2 Å². The van der Waals surface area contributed by atoms with Gasteiger partial charge in [-0.15, -0.1) is 0 Å². The molecule has 6 rings (SSSR count). The number of carbonyl (C=O) groups excluding carboxylic acids is 1. The molecule has 1 aliphatic rings. The van der Waals surface area contributed by atoms with E-state index in [2.05, 4.69) is 14.7 Å². The SMILES string of the molecule is Cc1cccc(C)c1-c1cc2nc(n1)NS(=O)(=O)c1cccc(c1)C(=O)N(Cc1ccccc1)C[C@@H](c1ccccc1)O2. The largest absolute Gasteiger partial charge is 0.467 e. The highest BCUT2D eigenvalue weighted by molar-refractivity contribution is 7.92. The number of sulfonamides is 1. The van der Waals surface area contributed by atoms with Gasteiger partial charge in [-0.3, -0.25) is 4.79 Å². The number of amides is 1. The van der Waals surface area contributed by atoms with Crippen molar-refractivity contribution < 1.29 is 17.9 Å². The molecule has 1 aromatic heterocycles. The Balaban J connectivity index is 1.54. The molecule has 0 saturated heterocycles. The lowest BCUT2D eigenvalue weighted by Gasteiger charge is -2.28. The highest BCUT2D eigenvalue weighted by atomic mass is 32.2. The van der Waals surface area contributed by atoms with Crippen molar-refractivity contribution in [3.63, 3.8) is 0 Å². The molecule has 0 saturated carbocycles. The predicted molar refractivity (Wildman–Crippen MR) is 165 cm³/mol. The lowest BCUT2D eigenvalue weighted by atomic mass is 10.00. The van der Waals surface area contributed by atoms with Gasteiger partial charge in [-0.1, -0.05) is 84.9 Å². The fourth-order valence-corrected chi connectivity index (χ4v) is 6.27. The molecule has 0 unspecified atom stereocenters. The Kier molecular flexibility index (Phi) is 7.65. The standard InChI is InChI=1S/C34H30N4O4S/c1-23-11-9-12-24(2)32(23)29-20-31-36-34(35-29)37-43(40,41)28-18-10-17-27(19-28)33(39)38(21-25-13-5-3-6-14-25)22-30(42-31)26-15-7-4-8-16-26/h3-20,30H,21-22H2,1-2H3,(H,35,36,37)/t30-/m0/s1. The van der Waals surface area contributed by atoms with E-state index in [4.69, 9.17) is 4.74 Å². The molecule has 1 aliphatic heterocycles. The number of nitrogens with zero attached hydrogens (tertiary/aromatic N) is 3. The summed E-state index contributed by atoms with van der Waals surface area (Å²) >= 11 is 0. The monoisotopic (exact) mass is 590 g/mol. The first kappa shape index (κ1) is 28.1. The molecule has 1 amide bonds. The minimum Gasteiger partial charge on any atom is -0.467 e. The van der Waals surface area contributed by atoms with Gasteiger partial charge in [-0.25, -0.2) is 18.1 Å². The van der Waals surface area contributed by atoms with E-state index in [-0.39, 0.29) is 34.7 Å². The summed E-state index contributed by atoms with van der Waals surface area (Å²) in [4.78, 5) is 24.7. The van der Waals surface area contributed by atoms with Crippen LogP contribution in [0.5, 0.6) is 5.88 Å². The smallest absolute Gasteiger partial charge is 0.264 e. The molecular formula is C34H30N4O4S. The van der Waals surface area contributed by atoms with Crippen LogP contribution >= 0.6 is 0 Å². The number of nitrogens with one attached hydrogen (secondary N) is 1. The first-order chi connectivity index (χ1) is 20.8. The first-order valence-corrected chi connectivity index (χ1v) is 15.4. The fraction of sp³-hybridized carbons (Fsp3) is 0.147. The van der Waals surface area contributed by atoms with Crippen LogP contribution in [0.25, 0.3) is 11.3 Å². The highest BCUT2D eigenvalue weighted by Gasteiger charge is 2.27. The van der Waals surface area contributed by atoms with E-state index in [0.717, 1.165) is 27.8 Å². The number of fused-ring (bicyclic) bond motifs is 4. The van der Waals surface area contributed by atoms with Gasteiger partial charge in [0.05, 0.1) is 17.1 Å². The Morgan fingerprint density at radius 2 is 1.51 bits per heavy atom. The maximum Gasteiger partial charge on any atom is 0.264 e. The third-order valence-corrected chi connectivity index (χ3v) is 8.71. The van der Waals surface area contributed by atoms with Gasteiger partial charge in [0, 0.05) is 23.7 Å². The zero-order valence-corrected chi connectivity index (χ0v) is 24.6. The van der Waals surface area contributed by atoms with Crippen LogP contribution in [0.4, 0.5) is 5.95 Å². The summed E-state index contributed by atoms with van der Waals surface area (Å²) < 4.78 is 36.2. The molecule has 4 bridgehead atoms. The number of ether oxygens (including phenoxy) is 1. The molecule has 216 valence electrons. The van der Waals surface area contributed by atoms with Crippen LogP contribution in [0.1, 0.15) is 38.7 Å². The summed E-state index contributed by atoms with van der Waals surface area (Å²) in [7, 11) is -4.14. The molecule has 4 aromatic carbocycles. The van der Waals surface area contributed by atoms with Crippen molar-refractivity contribution in [3.05, 3.63) is 137 Å². The van der Waals surface area contributed by atoms with Gasteiger partial charge >= 0.3 is 0 Å². The summed E-state index contributed by atoms with van der Waals surface area (Å²) in [5.74, 6) is -0.268. The number of aromatic nitrogens is 2. The second-order valence-electron chi connectivity index (χ2n) is 10.5. The van der Waals surface area contributed by atoms with Crippen molar-refractivity contribution >= 4 is 21.9 Å². The quantitative estimate of drug-likeness (QED) is 0.262. The van der Waals surface area contributed by atoms with Gasteiger partial charge in [0.15, 0.2) is 0 Å². The van der Waals surface area contributed by atoms with Gasteiger partial charge < -0.3 is 9.64 Å². The molecule has 8 nitrogen and oxygen atoms in total. The van der Waals surface area contributed by atoms with Crippen LogP contribution in [0.2, 0.25) is 0 Å². The predicted octanol–water partition coefficient (Wildman–Crippen LogP) is 6.34. The zero-order valence-electron chi connectivity index (χ0n) is 23.8. The van der Waals surface area contributed by atoms with E-state index < -0.39 is 16.1 Å². The summed E-state index contributed by atoms with van der Waals surface area (Å²) in [6.07, 6.45) is -0.622. The van der Waals surface area contributed by atoms with Crippen molar-refractivity contribution in [1.29, 1.82) is 0 Å². The Hall–Kier alpha value is -5.02. The second kappa shape index (κ2) is 11.7. The summed E-state index contributed by atoms with van der Waals surface area (Å²) in [6, 6.07) is 32.9. The minimum absolute atomic E-state index is 0.0691. The van der Waals surface area contributed by atoms with E-state index in [1.54, 1.807) is 23.1 Å². The molecule has 1 N–H and O–H groups in total. The molecule has 43 heavy (non-hydrogen) atoms. The minimum atomic E-state index is -4.14. The number of benzene rings is 4. The van der Waals surface area contributed by atoms with Crippen molar-refractivity contribution in [2.75, 3.05) is 11.3 Å². The number of carbonyl (C=O) groups is 1. The summed E-state index contributed by atoms with van der Waals surface area (Å²) in [6.45, 7) is 4.43. The van der Waals surface area contributed by atoms with Crippen LogP contribution in [0, 0.1) is 13.8 Å². The number of aryl methyl sites for hydroxylation is 2. The van der Waals surface area contributed by atoms with Crippen molar-refractivity contribution in [3.8, 4) is 17.1 Å². The molecule has 9 heteroatoms. The van der Waals surface area contributed by atoms with Crippen molar-refractivity contribution in [2.24, 2.45) is 0 Å². The summed E-state index contributed by atoms with van der Waals surface area (Å²) in [5, 5.41) is 0. The van der Waals surface area contributed by atoms with Crippen LogP contribution in [0.15, 0.2) is 114 Å². The van der Waals surface area contributed by atoms with Crippen LogP contribution in [-0.4, -0.2) is 35.7 Å². The van der Waals surface area contributed by atoms with Crippen molar-refractivity contribution in [1.82, 2.24) is 14.9 Å². The average molecular weight is 591 g/mol. The van der Waals surface area contributed by atoms with Crippen LogP contribution < -0.4 is 9.46 Å². The zero-order chi connectivity index (χ0) is 30.0. The normalized spacial score (nSPS) is 16.2. The van der Waals surface area contributed by atoms with Gasteiger partial charge in [-0.05, 0) is 54.3 Å². The number of hydrogen-bond acceptors (Lipinski definition) is 6. The maximum atomic E-state index is 14.0. The third-order valence-electron chi connectivity index (χ3n) is 7.38. The lowest BCUT2D eigenvalue weighted by molar-refractivity contribution is 0.0634. The number of rotatable bonds is 4. The van der Waals surface area contributed by atoms with Gasteiger partial charge in [0.1, 0.15) is 6.10 Å². The number of anilines is 1. The van der Waals surface area contributed by atoms with E-state index in [0.29, 0.717) is 12.2 Å². The van der Waals surface area contributed by atoms with E-state index in [1.807, 2.05) is 92.7 Å². The average Bonchev–Trinajstić information content (AvgIpc) is 3.00. The van der Waals surface area contributed by atoms with Crippen LogP contribution in [-0.2, 0) is 16.6 Å². The Morgan fingerprint density at radius 3 is 2.23 bits per heavy atom. The Morgan fingerprint density at radius 1 is 0.837 bits per heavy atom. The molecule has 0 fully saturated rings. The molecule has 0 aliphatic carbocycles.